The molecule has 3 rings (SSSR count). The summed E-state index contributed by atoms with van der Waals surface area (Å²) in [4.78, 5) is 12.0. The lowest BCUT2D eigenvalue weighted by Gasteiger charge is -2.14. The van der Waals surface area contributed by atoms with E-state index in [-0.39, 0.29) is 6.61 Å². The average Bonchev–Trinajstić information content (AvgIpc) is 3.14. The van der Waals surface area contributed by atoms with Crippen LogP contribution in [0, 0.1) is 0 Å². The van der Waals surface area contributed by atoms with Crippen molar-refractivity contribution in [2.45, 2.75) is 6.61 Å². The van der Waals surface area contributed by atoms with Gasteiger partial charge in [0, 0.05) is 5.56 Å². The largest absolute Gasteiger partial charge is 0.494 e. The van der Waals surface area contributed by atoms with Crippen molar-refractivity contribution in [3.8, 4) is 16.9 Å². The molecule has 5 nitrogen and oxygen atoms in total. The topological polar surface area (TPSA) is 60.7 Å². The Balaban J connectivity index is 1.77. The normalized spacial score (nSPS) is 10.2. The number of para-hydroxylation sites is 1. The first-order chi connectivity index (χ1) is 11.8. The zero-order valence-corrected chi connectivity index (χ0v) is 13.2. The number of rotatable bonds is 5. The monoisotopic (exact) mass is 323 g/mol. The van der Waals surface area contributed by atoms with E-state index in [1.165, 1.54) is 6.26 Å². The quantitative estimate of drug-likeness (QED) is 0.739. The molecule has 0 atom stereocenters. The van der Waals surface area contributed by atoms with Crippen molar-refractivity contribution < 1.29 is 18.7 Å². The Morgan fingerprint density at radius 1 is 1.04 bits per heavy atom. The van der Waals surface area contributed by atoms with Gasteiger partial charge >= 0.3 is 6.09 Å². The Bertz CT molecular complexity index is 797. The Morgan fingerprint density at radius 3 is 2.58 bits per heavy atom. The molecule has 0 saturated heterocycles. The predicted octanol–water partition coefficient (Wildman–Crippen LogP) is 4.70. The minimum absolute atomic E-state index is 0.0690. The van der Waals surface area contributed by atoms with Gasteiger partial charge in [-0.05, 0) is 23.8 Å². The van der Waals surface area contributed by atoms with Crippen LogP contribution in [0.4, 0.5) is 10.5 Å². The van der Waals surface area contributed by atoms with E-state index in [2.05, 4.69) is 5.32 Å². The summed E-state index contributed by atoms with van der Waals surface area (Å²) in [6.07, 6.45) is 0.957. The van der Waals surface area contributed by atoms with Crippen LogP contribution >= 0.6 is 0 Å². The molecule has 5 heteroatoms. The molecule has 0 aliphatic carbocycles. The molecule has 1 N–H and O–H groups in total. The summed E-state index contributed by atoms with van der Waals surface area (Å²) in [5, 5.41) is 2.71. The summed E-state index contributed by atoms with van der Waals surface area (Å²) in [5.41, 5.74) is 2.44. The van der Waals surface area contributed by atoms with Gasteiger partial charge < -0.3 is 13.9 Å². The lowest BCUT2D eigenvalue weighted by atomic mass is 10.0. The van der Waals surface area contributed by atoms with Gasteiger partial charge in [-0.25, -0.2) is 4.79 Å². The first kappa shape index (κ1) is 15.7. The molecular weight excluding hydrogens is 306 g/mol. The molecule has 0 unspecified atom stereocenters. The molecular formula is C19H17NO4. The van der Waals surface area contributed by atoms with Crippen molar-refractivity contribution >= 4 is 11.8 Å². The first-order valence-electron chi connectivity index (χ1n) is 7.46. The molecule has 0 bridgehead atoms. The minimum atomic E-state index is -0.574. The van der Waals surface area contributed by atoms with Crippen LogP contribution in [-0.2, 0) is 11.3 Å². The molecule has 1 amide bonds. The smallest absolute Gasteiger partial charge is 0.412 e. The second kappa shape index (κ2) is 7.37. The summed E-state index contributed by atoms with van der Waals surface area (Å²) in [6.45, 7) is 0.0690. The second-order valence-electron chi connectivity index (χ2n) is 5.03. The summed E-state index contributed by atoms with van der Waals surface area (Å²) < 4.78 is 15.8. The SMILES string of the molecule is COc1c(NC(=O)OCc2ccco2)cccc1-c1ccccc1. The van der Waals surface area contributed by atoms with Gasteiger partial charge in [-0.2, -0.15) is 0 Å². The number of hydrogen-bond acceptors (Lipinski definition) is 4. The number of ether oxygens (including phenoxy) is 2. The lowest BCUT2D eigenvalue weighted by Crippen LogP contribution is -2.14. The molecule has 2 aromatic carbocycles. The molecule has 0 radical (unpaired) electrons. The van der Waals surface area contributed by atoms with E-state index in [4.69, 9.17) is 13.9 Å². The Kier molecular flexibility index (Phi) is 4.81. The van der Waals surface area contributed by atoms with Crippen LogP contribution in [0.15, 0.2) is 71.3 Å². The second-order valence-corrected chi connectivity index (χ2v) is 5.03. The highest BCUT2D eigenvalue weighted by molar-refractivity contribution is 5.90. The number of hydrogen-bond donors (Lipinski definition) is 1. The number of amides is 1. The van der Waals surface area contributed by atoms with Crippen LogP contribution in [-0.4, -0.2) is 13.2 Å². The van der Waals surface area contributed by atoms with E-state index < -0.39 is 6.09 Å². The summed E-state index contributed by atoms with van der Waals surface area (Å²) in [7, 11) is 1.57. The number of benzene rings is 2. The standard InChI is InChI=1S/C19H17NO4/c1-22-18-16(14-7-3-2-4-8-14)10-5-11-17(18)20-19(21)24-13-15-9-6-12-23-15/h2-12H,13H2,1H3,(H,20,21). The fourth-order valence-corrected chi connectivity index (χ4v) is 2.38. The fraction of sp³-hybridized carbons (Fsp3) is 0.105. The third-order valence-corrected chi connectivity index (χ3v) is 3.47. The summed E-state index contributed by atoms with van der Waals surface area (Å²) >= 11 is 0. The van der Waals surface area contributed by atoms with E-state index in [0.29, 0.717) is 17.2 Å². The van der Waals surface area contributed by atoms with Crippen LogP contribution in [0.1, 0.15) is 5.76 Å². The average molecular weight is 323 g/mol. The van der Waals surface area contributed by atoms with Crippen molar-refractivity contribution in [1.29, 1.82) is 0 Å². The number of carbonyl (C=O) groups is 1. The van der Waals surface area contributed by atoms with Crippen molar-refractivity contribution in [2.24, 2.45) is 0 Å². The number of furan rings is 1. The van der Waals surface area contributed by atoms with Gasteiger partial charge in [0.15, 0.2) is 6.61 Å². The third kappa shape index (κ3) is 3.57. The van der Waals surface area contributed by atoms with Crippen molar-refractivity contribution in [3.63, 3.8) is 0 Å². The van der Waals surface area contributed by atoms with Crippen LogP contribution in [0.5, 0.6) is 5.75 Å². The molecule has 3 aromatic rings. The van der Waals surface area contributed by atoms with Crippen molar-refractivity contribution in [1.82, 2.24) is 0 Å². The first-order valence-corrected chi connectivity index (χ1v) is 7.46. The molecule has 1 heterocycles. The molecule has 0 spiro atoms. The van der Waals surface area contributed by atoms with Gasteiger partial charge in [0.1, 0.15) is 11.5 Å². The Labute approximate surface area is 139 Å². The maximum absolute atomic E-state index is 12.0. The number of anilines is 1. The highest BCUT2D eigenvalue weighted by Crippen LogP contribution is 2.36. The van der Waals surface area contributed by atoms with Crippen LogP contribution in [0.2, 0.25) is 0 Å². The van der Waals surface area contributed by atoms with Gasteiger partial charge in [-0.1, -0.05) is 42.5 Å². The zero-order valence-electron chi connectivity index (χ0n) is 13.2. The molecule has 1 aromatic heterocycles. The summed E-state index contributed by atoms with van der Waals surface area (Å²) in [5.74, 6) is 1.16. The van der Waals surface area contributed by atoms with Crippen molar-refractivity contribution in [2.75, 3.05) is 12.4 Å². The summed E-state index contributed by atoms with van der Waals surface area (Å²) in [6, 6.07) is 18.9. The van der Waals surface area contributed by atoms with Crippen molar-refractivity contribution in [3.05, 3.63) is 72.7 Å². The molecule has 24 heavy (non-hydrogen) atoms. The van der Waals surface area contributed by atoms with E-state index in [9.17, 15) is 4.79 Å². The van der Waals surface area contributed by atoms with Crippen LogP contribution in [0.3, 0.4) is 0 Å². The Hall–Kier alpha value is -3.21. The van der Waals surface area contributed by atoms with E-state index in [1.807, 2.05) is 42.5 Å². The third-order valence-electron chi connectivity index (χ3n) is 3.47. The lowest BCUT2D eigenvalue weighted by molar-refractivity contribution is 0.146. The molecule has 122 valence electrons. The zero-order chi connectivity index (χ0) is 16.8. The molecule has 0 saturated carbocycles. The fourth-order valence-electron chi connectivity index (χ4n) is 2.38. The van der Waals surface area contributed by atoms with Gasteiger partial charge in [0.05, 0.1) is 19.1 Å². The number of nitrogens with one attached hydrogen (secondary N) is 1. The number of carbonyl (C=O) groups excluding carboxylic acids is 1. The van der Waals surface area contributed by atoms with E-state index in [1.54, 1.807) is 25.3 Å². The highest BCUT2D eigenvalue weighted by Gasteiger charge is 2.13. The Morgan fingerprint density at radius 2 is 1.88 bits per heavy atom. The van der Waals surface area contributed by atoms with Gasteiger partial charge in [-0.3, -0.25) is 5.32 Å². The molecule has 0 aliphatic heterocycles. The minimum Gasteiger partial charge on any atom is -0.494 e. The van der Waals surface area contributed by atoms with E-state index in [0.717, 1.165) is 11.1 Å². The maximum atomic E-state index is 12.0. The van der Waals surface area contributed by atoms with Gasteiger partial charge in [0.2, 0.25) is 0 Å². The van der Waals surface area contributed by atoms with Crippen LogP contribution in [0.25, 0.3) is 11.1 Å². The van der Waals surface area contributed by atoms with Gasteiger partial charge in [-0.15, -0.1) is 0 Å². The molecule has 0 fully saturated rings. The van der Waals surface area contributed by atoms with E-state index >= 15 is 0 Å². The van der Waals surface area contributed by atoms with Crippen LogP contribution < -0.4 is 10.1 Å². The number of methoxy groups -OCH3 is 1. The highest BCUT2D eigenvalue weighted by atomic mass is 16.6. The maximum Gasteiger partial charge on any atom is 0.412 e. The van der Waals surface area contributed by atoms with Gasteiger partial charge in [0.25, 0.3) is 0 Å². The predicted molar refractivity (Wildman–Crippen MR) is 90.9 cm³/mol. The molecule has 0 aliphatic rings.